The molecule has 0 unspecified atom stereocenters. The first-order valence-corrected chi connectivity index (χ1v) is 9.56. The maximum Gasteiger partial charge on any atom is 0.0733 e. The SMILES string of the molecule is C\C=C/C=C\C=C\n1c2c(c3ccccc31)CCc1c-2[nH]c2ccccc12.[HH]. The summed E-state index contributed by atoms with van der Waals surface area (Å²) in [5.41, 5.74) is 7.97. The number of aromatic amines is 1. The first-order chi connectivity index (χ1) is 13.4. The zero-order valence-corrected chi connectivity index (χ0v) is 15.4. The minimum absolute atomic E-state index is 0. The van der Waals surface area contributed by atoms with Gasteiger partial charge in [-0.2, -0.15) is 0 Å². The standard InChI is InChI=1S/C25H22N2.H2/c1-2-3-4-5-10-17-27-23-14-9-7-12-19(23)21-16-15-20-18-11-6-8-13-22(18)26-24(20)25(21)27;/h2-14,17,26H,15-16H2,1H3;1H/b3-2-,5-4-,17-10+;. The minimum Gasteiger partial charge on any atom is -0.353 e. The van der Waals surface area contributed by atoms with Gasteiger partial charge in [-0.15, -0.1) is 0 Å². The smallest absolute Gasteiger partial charge is 0.0733 e. The molecule has 1 aliphatic rings. The molecule has 1 aliphatic carbocycles. The lowest BCUT2D eigenvalue weighted by molar-refractivity contribution is 0.944. The fraction of sp³-hybridized carbons (Fsp3) is 0.120. The van der Waals surface area contributed by atoms with Gasteiger partial charge in [0, 0.05) is 23.9 Å². The first-order valence-electron chi connectivity index (χ1n) is 9.56. The lowest BCUT2D eigenvalue weighted by Gasteiger charge is -2.15. The summed E-state index contributed by atoms with van der Waals surface area (Å²) in [6.45, 7) is 2.03. The van der Waals surface area contributed by atoms with Crippen molar-refractivity contribution in [2.24, 2.45) is 0 Å². The van der Waals surface area contributed by atoms with Crippen LogP contribution < -0.4 is 0 Å². The van der Waals surface area contributed by atoms with Crippen LogP contribution in [0.5, 0.6) is 0 Å². The molecule has 2 heteroatoms. The molecule has 0 amide bonds. The number of allylic oxidation sites excluding steroid dienone is 5. The highest BCUT2D eigenvalue weighted by Gasteiger charge is 2.26. The van der Waals surface area contributed by atoms with Crippen molar-refractivity contribution in [1.29, 1.82) is 0 Å². The predicted molar refractivity (Wildman–Crippen MR) is 118 cm³/mol. The van der Waals surface area contributed by atoms with Crippen LogP contribution in [-0.4, -0.2) is 9.55 Å². The Labute approximate surface area is 160 Å². The van der Waals surface area contributed by atoms with Crippen LogP contribution in [0.4, 0.5) is 0 Å². The molecule has 1 N–H and O–H groups in total. The Morgan fingerprint density at radius 1 is 0.852 bits per heavy atom. The van der Waals surface area contributed by atoms with Crippen molar-refractivity contribution >= 4 is 28.0 Å². The van der Waals surface area contributed by atoms with Crippen molar-refractivity contribution in [3.05, 3.63) is 90.0 Å². The first kappa shape index (κ1) is 16.0. The maximum atomic E-state index is 3.70. The number of benzene rings is 2. The van der Waals surface area contributed by atoms with Gasteiger partial charge < -0.3 is 9.55 Å². The van der Waals surface area contributed by atoms with Crippen LogP contribution in [0.1, 0.15) is 19.5 Å². The second-order valence-corrected chi connectivity index (χ2v) is 6.99. The van der Waals surface area contributed by atoms with E-state index in [4.69, 9.17) is 0 Å². The highest BCUT2D eigenvalue weighted by Crippen LogP contribution is 2.42. The number of para-hydroxylation sites is 2. The number of H-pyrrole nitrogens is 1. The lowest BCUT2D eigenvalue weighted by atomic mass is 9.92. The van der Waals surface area contributed by atoms with Gasteiger partial charge in [-0.25, -0.2) is 0 Å². The van der Waals surface area contributed by atoms with Gasteiger partial charge in [0.25, 0.3) is 0 Å². The largest absolute Gasteiger partial charge is 0.353 e. The maximum absolute atomic E-state index is 3.70. The van der Waals surface area contributed by atoms with Gasteiger partial charge in [0.15, 0.2) is 0 Å². The van der Waals surface area contributed by atoms with E-state index in [2.05, 4.69) is 82.5 Å². The summed E-state index contributed by atoms with van der Waals surface area (Å²) in [7, 11) is 0. The van der Waals surface area contributed by atoms with Gasteiger partial charge in [0.05, 0.1) is 16.9 Å². The molecule has 0 fully saturated rings. The number of hydrogen-bond donors (Lipinski definition) is 1. The van der Waals surface area contributed by atoms with Crippen LogP contribution in [0, 0.1) is 0 Å². The monoisotopic (exact) mass is 352 g/mol. The van der Waals surface area contributed by atoms with Crippen LogP contribution >= 0.6 is 0 Å². The van der Waals surface area contributed by atoms with E-state index < -0.39 is 0 Å². The number of rotatable bonds is 3. The summed E-state index contributed by atoms with van der Waals surface area (Å²) < 4.78 is 2.35. The molecule has 27 heavy (non-hydrogen) atoms. The molecule has 5 rings (SSSR count). The van der Waals surface area contributed by atoms with Gasteiger partial charge in [-0.05, 0) is 49.1 Å². The fourth-order valence-electron chi connectivity index (χ4n) is 4.30. The van der Waals surface area contributed by atoms with E-state index in [1.165, 1.54) is 44.3 Å². The zero-order chi connectivity index (χ0) is 18.2. The Balaban J connectivity index is 0.00000192. The van der Waals surface area contributed by atoms with Crippen molar-refractivity contribution in [2.45, 2.75) is 19.8 Å². The van der Waals surface area contributed by atoms with E-state index in [1.807, 2.05) is 19.1 Å². The molecular formula is C25H24N2. The second-order valence-electron chi connectivity index (χ2n) is 6.99. The number of hydrogen-bond acceptors (Lipinski definition) is 0. The Bertz CT molecular complexity index is 1230. The molecule has 2 aromatic carbocycles. The summed E-state index contributed by atoms with van der Waals surface area (Å²) >= 11 is 0. The van der Waals surface area contributed by atoms with Crippen LogP contribution in [0.2, 0.25) is 0 Å². The zero-order valence-electron chi connectivity index (χ0n) is 15.4. The molecule has 0 spiro atoms. The van der Waals surface area contributed by atoms with Crippen molar-refractivity contribution in [3.8, 4) is 11.4 Å². The molecule has 2 aromatic heterocycles. The van der Waals surface area contributed by atoms with Gasteiger partial charge in [0.1, 0.15) is 0 Å². The Hall–Kier alpha value is -3.26. The highest BCUT2D eigenvalue weighted by atomic mass is 15.0. The lowest BCUT2D eigenvalue weighted by Crippen LogP contribution is -2.04. The third-order valence-corrected chi connectivity index (χ3v) is 5.45. The van der Waals surface area contributed by atoms with Crippen LogP contribution in [0.3, 0.4) is 0 Å². The summed E-state index contributed by atoms with van der Waals surface area (Å²) in [6.07, 6.45) is 14.7. The van der Waals surface area contributed by atoms with Crippen molar-refractivity contribution < 1.29 is 1.43 Å². The molecule has 0 atom stereocenters. The Kier molecular flexibility index (Phi) is 3.83. The molecule has 2 nitrogen and oxygen atoms in total. The molecule has 134 valence electrons. The average molecular weight is 352 g/mol. The van der Waals surface area contributed by atoms with Gasteiger partial charge >= 0.3 is 0 Å². The van der Waals surface area contributed by atoms with Gasteiger partial charge in [-0.1, -0.05) is 60.7 Å². The second kappa shape index (κ2) is 6.48. The van der Waals surface area contributed by atoms with Crippen LogP contribution in [0.25, 0.3) is 39.4 Å². The number of aryl methyl sites for hydroxylation is 2. The number of aromatic nitrogens is 2. The third kappa shape index (κ3) is 2.48. The molecule has 0 saturated carbocycles. The summed E-state index contributed by atoms with van der Waals surface area (Å²) in [5.74, 6) is 0. The summed E-state index contributed by atoms with van der Waals surface area (Å²) in [4.78, 5) is 3.70. The summed E-state index contributed by atoms with van der Waals surface area (Å²) in [5, 5.41) is 2.71. The molecule has 0 saturated heterocycles. The Morgan fingerprint density at radius 2 is 1.59 bits per heavy atom. The molecule has 4 aromatic rings. The van der Waals surface area contributed by atoms with Crippen molar-refractivity contribution in [1.82, 2.24) is 9.55 Å². The molecule has 0 aliphatic heterocycles. The van der Waals surface area contributed by atoms with E-state index in [0.29, 0.717) is 0 Å². The minimum atomic E-state index is 0. The normalized spacial score (nSPS) is 14.1. The number of nitrogens with one attached hydrogen (secondary N) is 1. The summed E-state index contributed by atoms with van der Waals surface area (Å²) in [6, 6.07) is 17.4. The van der Waals surface area contributed by atoms with Gasteiger partial charge in [-0.3, -0.25) is 0 Å². The molecule has 0 bridgehead atoms. The average Bonchev–Trinajstić information content (AvgIpc) is 3.24. The van der Waals surface area contributed by atoms with Crippen LogP contribution in [0.15, 0.2) is 78.9 Å². The number of fused-ring (bicyclic) bond motifs is 7. The number of nitrogens with zero attached hydrogens (tertiary/aromatic N) is 1. The topological polar surface area (TPSA) is 20.7 Å². The fourth-order valence-corrected chi connectivity index (χ4v) is 4.30. The van der Waals surface area contributed by atoms with E-state index in [9.17, 15) is 0 Å². The van der Waals surface area contributed by atoms with Crippen molar-refractivity contribution in [2.75, 3.05) is 0 Å². The molecular weight excluding hydrogens is 328 g/mol. The molecule has 2 heterocycles. The highest BCUT2D eigenvalue weighted by molar-refractivity contribution is 5.99. The van der Waals surface area contributed by atoms with Crippen molar-refractivity contribution in [3.63, 3.8) is 0 Å². The van der Waals surface area contributed by atoms with E-state index in [-0.39, 0.29) is 1.43 Å². The van der Waals surface area contributed by atoms with E-state index in [1.54, 1.807) is 0 Å². The van der Waals surface area contributed by atoms with E-state index in [0.717, 1.165) is 12.8 Å². The quantitative estimate of drug-likeness (QED) is 0.394. The Morgan fingerprint density at radius 3 is 2.48 bits per heavy atom. The van der Waals surface area contributed by atoms with Gasteiger partial charge in [0.2, 0.25) is 0 Å². The van der Waals surface area contributed by atoms with Crippen LogP contribution in [-0.2, 0) is 12.8 Å². The van der Waals surface area contributed by atoms with E-state index >= 15 is 0 Å². The third-order valence-electron chi connectivity index (χ3n) is 5.45. The molecule has 0 radical (unpaired) electrons. The predicted octanol–water partition coefficient (Wildman–Crippen LogP) is 6.74.